The van der Waals surface area contributed by atoms with Gasteiger partial charge in [-0.1, -0.05) is 141 Å². The van der Waals surface area contributed by atoms with E-state index >= 15 is 0 Å². The fourth-order valence-electron chi connectivity index (χ4n) is 3.80. The third kappa shape index (κ3) is 25.7. The van der Waals surface area contributed by atoms with Crippen LogP contribution in [0.25, 0.3) is 0 Å². The summed E-state index contributed by atoms with van der Waals surface area (Å²) in [6.07, 6.45) is 32.0. The van der Waals surface area contributed by atoms with Crippen molar-refractivity contribution in [3.8, 4) is 0 Å². The van der Waals surface area contributed by atoms with Gasteiger partial charge in [-0.15, -0.1) is 6.58 Å². The summed E-state index contributed by atoms with van der Waals surface area (Å²) in [5.74, 6) is 0. The number of ether oxygens (including phenoxy) is 1. The van der Waals surface area contributed by atoms with E-state index in [0.29, 0.717) is 6.61 Å². The topological polar surface area (TPSA) is 9.23 Å². The number of unbranched alkanes of at least 4 members (excludes halogenated alkanes) is 20. The zero-order valence-electron chi connectivity index (χ0n) is 19.0. The van der Waals surface area contributed by atoms with Gasteiger partial charge in [0.15, 0.2) is 0 Å². The Kier molecular flexibility index (Phi) is 25.4. The van der Waals surface area contributed by atoms with E-state index < -0.39 is 0 Å². The molecular formula is C26H52O. The Morgan fingerprint density at radius 1 is 0.481 bits per heavy atom. The molecule has 0 atom stereocenters. The second-order valence-corrected chi connectivity index (χ2v) is 8.43. The summed E-state index contributed by atoms with van der Waals surface area (Å²) in [7, 11) is 0. The Balaban J connectivity index is 2.96. The molecule has 0 aromatic rings. The van der Waals surface area contributed by atoms with Crippen LogP contribution in [0.2, 0.25) is 0 Å². The minimum absolute atomic E-state index is 0.708. The maximum atomic E-state index is 5.41. The monoisotopic (exact) mass is 380 g/mol. The molecule has 0 radical (unpaired) electrons. The van der Waals surface area contributed by atoms with Crippen LogP contribution in [0.15, 0.2) is 12.7 Å². The highest BCUT2D eigenvalue weighted by molar-refractivity contribution is 4.63. The van der Waals surface area contributed by atoms with E-state index in [-0.39, 0.29) is 0 Å². The third-order valence-electron chi connectivity index (χ3n) is 5.63. The molecule has 0 aliphatic heterocycles. The molecule has 0 spiro atoms. The van der Waals surface area contributed by atoms with Crippen LogP contribution in [0.1, 0.15) is 142 Å². The van der Waals surface area contributed by atoms with Gasteiger partial charge in [0.25, 0.3) is 0 Å². The first-order chi connectivity index (χ1) is 13.4. The van der Waals surface area contributed by atoms with Gasteiger partial charge < -0.3 is 4.74 Å². The molecule has 0 N–H and O–H groups in total. The molecule has 27 heavy (non-hydrogen) atoms. The minimum Gasteiger partial charge on any atom is -0.377 e. The molecule has 0 aromatic carbocycles. The molecule has 0 aromatic heterocycles. The second-order valence-electron chi connectivity index (χ2n) is 8.43. The zero-order chi connectivity index (χ0) is 19.7. The molecule has 0 saturated carbocycles. The SMILES string of the molecule is C=CCOCCCCCCCCCCCCCCCCCCCCCCC. The molecule has 0 aliphatic rings. The lowest BCUT2D eigenvalue weighted by atomic mass is 10.0. The molecule has 0 heterocycles. The van der Waals surface area contributed by atoms with Gasteiger partial charge in [-0.3, -0.25) is 0 Å². The summed E-state index contributed by atoms with van der Waals surface area (Å²) in [4.78, 5) is 0. The zero-order valence-corrected chi connectivity index (χ0v) is 19.0. The summed E-state index contributed by atoms with van der Waals surface area (Å²) < 4.78 is 5.41. The minimum atomic E-state index is 0.708. The predicted octanol–water partition coefficient (Wildman–Crippen LogP) is 9.40. The van der Waals surface area contributed by atoms with Gasteiger partial charge in [-0.2, -0.15) is 0 Å². The van der Waals surface area contributed by atoms with Crippen molar-refractivity contribution in [2.24, 2.45) is 0 Å². The first kappa shape index (κ1) is 26.7. The summed E-state index contributed by atoms with van der Waals surface area (Å²) in [5.41, 5.74) is 0. The molecule has 0 unspecified atom stereocenters. The van der Waals surface area contributed by atoms with Crippen molar-refractivity contribution >= 4 is 0 Å². The lowest BCUT2D eigenvalue weighted by Crippen LogP contribution is -1.93. The molecule has 0 aliphatic carbocycles. The van der Waals surface area contributed by atoms with Gasteiger partial charge in [0.05, 0.1) is 6.61 Å². The van der Waals surface area contributed by atoms with Crippen molar-refractivity contribution < 1.29 is 4.74 Å². The Hall–Kier alpha value is -0.300. The third-order valence-corrected chi connectivity index (χ3v) is 5.63. The lowest BCUT2D eigenvalue weighted by molar-refractivity contribution is 0.157. The van der Waals surface area contributed by atoms with Crippen LogP contribution in [0.5, 0.6) is 0 Å². The first-order valence-electron chi connectivity index (χ1n) is 12.6. The van der Waals surface area contributed by atoms with Crippen molar-refractivity contribution in [1.29, 1.82) is 0 Å². The molecule has 0 rings (SSSR count). The summed E-state index contributed by atoms with van der Waals surface area (Å²) in [6.45, 7) is 7.58. The molecule has 0 bridgehead atoms. The van der Waals surface area contributed by atoms with Crippen molar-refractivity contribution in [2.45, 2.75) is 142 Å². The Morgan fingerprint density at radius 3 is 1.07 bits per heavy atom. The molecule has 0 saturated heterocycles. The van der Waals surface area contributed by atoms with Gasteiger partial charge in [0.1, 0.15) is 0 Å². The fourth-order valence-corrected chi connectivity index (χ4v) is 3.80. The Morgan fingerprint density at radius 2 is 0.778 bits per heavy atom. The number of hydrogen-bond donors (Lipinski definition) is 0. The van der Waals surface area contributed by atoms with Crippen molar-refractivity contribution in [2.75, 3.05) is 13.2 Å². The predicted molar refractivity (Wildman–Crippen MR) is 124 cm³/mol. The average molecular weight is 381 g/mol. The highest BCUT2D eigenvalue weighted by Gasteiger charge is 1.95. The van der Waals surface area contributed by atoms with Crippen molar-refractivity contribution in [3.05, 3.63) is 12.7 Å². The van der Waals surface area contributed by atoms with Crippen LogP contribution in [-0.4, -0.2) is 13.2 Å². The Labute approximate surface area is 172 Å². The molecule has 1 nitrogen and oxygen atoms in total. The molecule has 0 amide bonds. The van der Waals surface area contributed by atoms with Crippen LogP contribution < -0.4 is 0 Å². The summed E-state index contributed by atoms with van der Waals surface area (Å²) in [5, 5.41) is 0. The molecule has 0 fully saturated rings. The normalized spacial score (nSPS) is 11.1. The van der Waals surface area contributed by atoms with Gasteiger partial charge in [-0.05, 0) is 6.42 Å². The van der Waals surface area contributed by atoms with Crippen LogP contribution in [0.4, 0.5) is 0 Å². The van der Waals surface area contributed by atoms with Crippen LogP contribution in [0.3, 0.4) is 0 Å². The van der Waals surface area contributed by atoms with Crippen LogP contribution >= 0.6 is 0 Å². The van der Waals surface area contributed by atoms with Gasteiger partial charge in [-0.25, -0.2) is 0 Å². The second kappa shape index (κ2) is 25.7. The maximum Gasteiger partial charge on any atom is 0.0644 e. The smallest absolute Gasteiger partial charge is 0.0644 e. The largest absolute Gasteiger partial charge is 0.377 e. The van der Waals surface area contributed by atoms with E-state index in [1.54, 1.807) is 0 Å². The van der Waals surface area contributed by atoms with E-state index in [9.17, 15) is 0 Å². The van der Waals surface area contributed by atoms with E-state index in [4.69, 9.17) is 4.74 Å². The van der Waals surface area contributed by atoms with Gasteiger partial charge >= 0.3 is 0 Å². The van der Waals surface area contributed by atoms with Gasteiger partial charge in [0, 0.05) is 6.61 Å². The number of hydrogen-bond acceptors (Lipinski definition) is 1. The van der Waals surface area contributed by atoms with E-state index in [0.717, 1.165) is 6.61 Å². The van der Waals surface area contributed by atoms with E-state index in [2.05, 4.69) is 13.5 Å². The van der Waals surface area contributed by atoms with E-state index in [1.165, 1.54) is 135 Å². The standard InChI is InChI=1S/C26H52O/c1-3-5-6-7-8-9-10-11-12-13-14-15-16-17-18-19-20-21-22-23-24-26-27-25-4-2/h4H,2-3,5-26H2,1H3. The average Bonchev–Trinajstić information content (AvgIpc) is 2.68. The van der Waals surface area contributed by atoms with Crippen LogP contribution in [0, 0.1) is 0 Å². The lowest BCUT2D eigenvalue weighted by Gasteiger charge is -2.04. The molecule has 162 valence electrons. The highest BCUT2D eigenvalue weighted by Crippen LogP contribution is 2.15. The van der Waals surface area contributed by atoms with E-state index in [1.807, 2.05) is 6.08 Å². The van der Waals surface area contributed by atoms with Crippen molar-refractivity contribution in [3.63, 3.8) is 0 Å². The molecule has 1 heteroatoms. The summed E-state index contributed by atoms with van der Waals surface area (Å²) in [6, 6.07) is 0. The highest BCUT2D eigenvalue weighted by atomic mass is 16.5. The quantitative estimate of drug-likeness (QED) is 0.120. The fraction of sp³-hybridized carbons (Fsp3) is 0.923. The molecular weight excluding hydrogens is 328 g/mol. The maximum absolute atomic E-state index is 5.41. The number of rotatable bonds is 24. The van der Waals surface area contributed by atoms with Gasteiger partial charge in [0.2, 0.25) is 0 Å². The van der Waals surface area contributed by atoms with Crippen molar-refractivity contribution in [1.82, 2.24) is 0 Å². The van der Waals surface area contributed by atoms with Crippen LogP contribution in [-0.2, 0) is 4.74 Å². The summed E-state index contributed by atoms with van der Waals surface area (Å²) >= 11 is 0. The Bertz CT molecular complexity index is 261. The first-order valence-corrected chi connectivity index (χ1v) is 12.6.